The largest absolute Gasteiger partial charge is 0.341 e. The maximum Gasteiger partial charge on any atom is 0.0991 e. The Hall–Kier alpha value is -6.63. The predicted octanol–water partition coefficient (Wildman–Crippen LogP) is 13.7. The number of nitriles is 1. The van der Waals surface area contributed by atoms with Gasteiger partial charge in [-0.25, -0.2) is 0 Å². The first-order chi connectivity index (χ1) is 28.0. The summed E-state index contributed by atoms with van der Waals surface area (Å²) in [4.78, 5) is 5.03. The van der Waals surface area contributed by atoms with Crippen LogP contribution in [0.2, 0.25) is 0 Å². The van der Waals surface area contributed by atoms with Crippen molar-refractivity contribution >= 4 is 44.3 Å². The minimum atomic E-state index is -0.118. The van der Waals surface area contributed by atoms with Crippen LogP contribution in [0.4, 0.5) is 22.7 Å². The van der Waals surface area contributed by atoms with Crippen LogP contribution in [0.3, 0.4) is 0 Å². The molecule has 1 aliphatic carbocycles. The third kappa shape index (κ3) is 5.24. The number of benzene rings is 8. The van der Waals surface area contributed by atoms with Gasteiger partial charge < -0.3 is 9.80 Å². The molecule has 57 heavy (non-hydrogen) atoms. The smallest absolute Gasteiger partial charge is 0.0991 e. The Morgan fingerprint density at radius 3 is 1.63 bits per heavy atom. The van der Waals surface area contributed by atoms with Crippen molar-refractivity contribution in [3.05, 3.63) is 179 Å². The Bertz CT molecular complexity index is 2960. The number of nitrogens with zero attached hydrogens (tertiary/aromatic N) is 3. The topological polar surface area (TPSA) is 30.3 Å². The van der Waals surface area contributed by atoms with Gasteiger partial charge in [0.15, 0.2) is 0 Å². The summed E-state index contributed by atoms with van der Waals surface area (Å²) in [5.41, 5.74) is 18.7. The van der Waals surface area contributed by atoms with E-state index >= 15 is 0 Å². The second-order valence-electron chi connectivity index (χ2n) is 16.6. The Morgan fingerprint density at radius 1 is 0.491 bits per heavy atom. The highest BCUT2D eigenvalue weighted by Gasteiger charge is 2.35. The lowest BCUT2D eigenvalue weighted by atomic mass is 9.80. The molecule has 0 saturated heterocycles. The van der Waals surface area contributed by atoms with Crippen molar-refractivity contribution in [2.45, 2.75) is 44.9 Å². The Kier molecular flexibility index (Phi) is 7.67. The molecule has 3 heteroatoms. The van der Waals surface area contributed by atoms with Crippen molar-refractivity contribution in [1.29, 1.82) is 5.26 Å². The fraction of sp³-hybridized carbons (Fsp3) is 0.167. The molecule has 0 aromatic heterocycles. The van der Waals surface area contributed by atoms with Crippen molar-refractivity contribution in [2.24, 2.45) is 0 Å². The Morgan fingerprint density at radius 2 is 1.02 bits per heavy atom. The average molecular weight is 734 g/mol. The van der Waals surface area contributed by atoms with Gasteiger partial charge in [-0.1, -0.05) is 111 Å². The zero-order valence-corrected chi connectivity index (χ0v) is 32.5. The first kappa shape index (κ1) is 33.7. The van der Waals surface area contributed by atoms with E-state index in [0.717, 1.165) is 44.3 Å². The summed E-state index contributed by atoms with van der Waals surface area (Å²) in [6.45, 7) is 6.72. The quantitative estimate of drug-likeness (QED) is 0.169. The lowest BCUT2D eigenvalue weighted by Crippen LogP contribution is -2.24. The SMILES string of the molecule is CC1(C)c2ccccc2-c2ccc(-c3c4ccc(N5CCCc6ccccc65)cc4c(-c4ccc(C#N)cc4)c4ccc(N5CCCc6ccccc65)cc34)cc21. The molecule has 0 bridgehead atoms. The van der Waals surface area contributed by atoms with Gasteiger partial charge in [0.1, 0.15) is 0 Å². The molecule has 2 heterocycles. The number of fused-ring (bicyclic) bond motifs is 7. The number of para-hydroxylation sites is 2. The summed E-state index contributed by atoms with van der Waals surface area (Å²) in [6.07, 6.45) is 4.46. The fourth-order valence-corrected chi connectivity index (χ4v) is 10.3. The molecule has 274 valence electrons. The van der Waals surface area contributed by atoms with Gasteiger partial charge in [-0.05, 0) is 157 Å². The van der Waals surface area contributed by atoms with Gasteiger partial charge in [-0.3, -0.25) is 0 Å². The highest BCUT2D eigenvalue weighted by Crippen LogP contribution is 2.52. The fourth-order valence-electron chi connectivity index (χ4n) is 10.3. The summed E-state index contributed by atoms with van der Waals surface area (Å²) in [7, 11) is 0. The lowest BCUT2D eigenvalue weighted by molar-refractivity contribution is 0.660. The van der Waals surface area contributed by atoms with Crippen LogP contribution in [0.15, 0.2) is 152 Å². The van der Waals surface area contributed by atoms with Crippen molar-refractivity contribution in [1.82, 2.24) is 0 Å². The van der Waals surface area contributed by atoms with Gasteiger partial charge in [0.05, 0.1) is 11.6 Å². The van der Waals surface area contributed by atoms with E-state index in [1.807, 2.05) is 12.1 Å². The van der Waals surface area contributed by atoms with E-state index in [2.05, 4.69) is 169 Å². The molecular formula is C54H43N3. The van der Waals surface area contributed by atoms with E-state index in [4.69, 9.17) is 0 Å². The molecule has 0 N–H and O–H groups in total. The third-order valence-electron chi connectivity index (χ3n) is 13.1. The summed E-state index contributed by atoms with van der Waals surface area (Å²) in [6, 6.07) is 58.8. The summed E-state index contributed by atoms with van der Waals surface area (Å²) < 4.78 is 0. The number of hydrogen-bond donors (Lipinski definition) is 0. The van der Waals surface area contributed by atoms with E-state index in [-0.39, 0.29) is 5.41 Å². The van der Waals surface area contributed by atoms with Crippen LogP contribution in [-0.2, 0) is 18.3 Å². The Balaban J connectivity index is 1.22. The summed E-state index contributed by atoms with van der Waals surface area (Å²) >= 11 is 0. The van der Waals surface area contributed by atoms with Gasteiger partial charge in [0, 0.05) is 41.3 Å². The predicted molar refractivity (Wildman–Crippen MR) is 238 cm³/mol. The first-order valence-electron chi connectivity index (χ1n) is 20.5. The summed E-state index contributed by atoms with van der Waals surface area (Å²) in [5.74, 6) is 0. The van der Waals surface area contributed by atoms with Gasteiger partial charge in [0.2, 0.25) is 0 Å². The molecule has 0 fully saturated rings. The molecule has 0 radical (unpaired) electrons. The molecule has 0 saturated carbocycles. The molecule has 11 rings (SSSR count). The molecule has 0 unspecified atom stereocenters. The molecule has 2 aliphatic heterocycles. The van der Waals surface area contributed by atoms with E-state index in [0.29, 0.717) is 5.56 Å². The molecule has 0 atom stereocenters. The van der Waals surface area contributed by atoms with Crippen molar-refractivity contribution in [3.8, 4) is 39.4 Å². The zero-order valence-electron chi connectivity index (χ0n) is 32.5. The van der Waals surface area contributed by atoms with Gasteiger partial charge in [0.25, 0.3) is 0 Å². The first-order valence-corrected chi connectivity index (χ1v) is 20.5. The number of aryl methyl sites for hydroxylation is 2. The van der Waals surface area contributed by atoms with Crippen molar-refractivity contribution in [2.75, 3.05) is 22.9 Å². The molecule has 3 aliphatic rings. The minimum absolute atomic E-state index is 0.118. The number of rotatable bonds is 4. The Labute approximate surface area is 335 Å². The van der Waals surface area contributed by atoms with Gasteiger partial charge in [-0.2, -0.15) is 5.26 Å². The second kappa shape index (κ2) is 13.0. The van der Waals surface area contributed by atoms with Crippen molar-refractivity contribution < 1.29 is 0 Å². The van der Waals surface area contributed by atoms with E-state index in [9.17, 15) is 5.26 Å². The van der Waals surface area contributed by atoms with E-state index in [1.165, 1.54) is 94.4 Å². The highest BCUT2D eigenvalue weighted by molar-refractivity contribution is 6.22. The molecular weight excluding hydrogens is 691 g/mol. The van der Waals surface area contributed by atoms with E-state index in [1.54, 1.807) is 0 Å². The molecule has 0 amide bonds. The minimum Gasteiger partial charge on any atom is -0.341 e. The van der Waals surface area contributed by atoms with Gasteiger partial charge >= 0.3 is 0 Å². The normalized spacial score (nSPS) is 15.2. The van der Waals surface area contributed by atoms with E-state index < -0.39 is 0 Å². The maximum atomic E-state index is 9.79. The second-order valence-corrected chi connectivity index (χ2v) is 16.6. The van der Waals surface area contributed by atoms with Gasteiger partial charge in [-0.15, -0.1) is 0 Å². The van der Waals surface area contributed by atoms with Crippen LogP contribution >= 0.6 is 0 Å². The van der Waals surface area contributed by atoms with Crippen LogP contribution in [0.5, 0.6) is 0 Å². The van der Waals surface area contributed by atoms with Crippen molar-refractivity contribution in [3.63, 3.8) is 0 Å². The van der Waals surface area contributed by atoms with Crippen LogP contribution < -0.4 is 9.80 Å². The number of hydrogen-bond acceptors (Lipinski definition) is 3. The van der Waals surface area contributed by atoms with Crippen LogP contribution in [0.25, 0.3) is 54.9 Å². The molecule has 0 spiro atoms. The molecule has 8 aromatic carbocycles. The lowest BCUT2D eigenvalue weighted by Gasteiger charge is -2.32. The van der Waals surface area contributed by atoms with Crippen LogP contribution in [-0.4, -0.2) is 13.1 Å². The van der Waals surface area contributed by atoms with Crippen LogP contribution in [0, 0.1) is 11.3 Å². The molecule has 3 nitrogen and oxygen atoms in total. The highest BCUT2D eigenvalue weighted by atomic mass is 15.1. The zero-order chi connectivity index (χ0) is 38.3. The standard InChI is InChI=1S/C54H43N3/c1-54(2)48-16-6-5-15-42(48)43-26-23-39(31-49(43)54)53-45-28-25-40(56-29-9-13-36-11-3-7-17-50(36)56)32-46(45)52(38-21-19-35(34-55)20-22-38)44-27-24-41(33-47(44)53)57-30-10-14-37-12-4-8-18-51(37)57/h3-8,11-12,15-28,31-33H,9-10,13-14,29-30H2,1-2H3. The summed E-state index contributed by atoms with van der Waals surface area (Å²) in [5, 5.41) is 14.7. The average Bonchev–Trinajstić information content (AvgIpc) is 3.50. The van der Waals surface area contributed by atoms with Crippen LogP contribution in [0.1, 0.15) is 54.5 Å². The third-order valence-corrected chi connectivity index (χ3v) is 13.1. The maximum absolute atomic E-state index is 9.79. The monoisotopic (exact) mass is 733 g/mol. The number of anilines is 4. The molecule has 8 aromatic rings.